The minimum absolute atomic E-state index is 0.0230. The maximum Gasteiger partial charge on any atom is 0.414 e. The maximum atomic E-state index is 14.7. The molecule has 2 fully saturated rings. The number of carbonyl (C=O) groups is 1. The molecular weight excluding hydrogens is 542 g/mol. The van der Waals surface area contributed by atoms with Crippen LogP contribution in [0, 0.1) is 9.39 Å². The van der Waals surface area contributed by atoms with Crippen LogP contribution in [0.2, 0.25) is 0 Å². The minimum atomic E-state index is -3.98. The van der Waals surface area contributed by atoms with Crippen LogP contribution < -0.4 is 9.80 Å². The Bertz CT molecular complexity index is 1060. The molecule has 0 bridgehead atoms. The third-order valence-corrected chi connectivity index (χ3v) is 7.00. The first-order chi connectivity index (χ1) is 14.8. The molecule has 2 aliphatic rings. The van der Waals surface area contributed by atoms with Crippen molar-refractivity contribution in [2.24, 2.45) is 0 Å². The number of halogens is 2. The predicted octanol–water partition coefficient (Wildman–Crippen LogP) is 3.00. The molecule has 2 aromatic carbocycles. The summed E-state index contributed by atoms with van der Waals surface area (Å²) in [7, 11) is -3.98. The van der Waals surface area contributed by atoms with Gasteiger partial charge in [0.15, 0.2) is 0 Å². The van der Waals surface area contributed by atoms with Gasteiger partial charge in [0.1, 0.15) is 18.5 Å². The number of cyclic esters (lactones) is 1. The molecular formula is C20H20FIN2O6S. The zero-order valence-electron chi connectivity index (χ0n) is 16.4. The summed E-state index contributed by atoms with van der Waals surface area (Å²) in [6, 6.07) is 10.7. The largest absolute Gasteiger partial charge is 0.441 e. The van der Waals surface area contributed by atoms with Crippen LogP contribution in [0.1, 0.15) is 0 Å². The van der Waals surface area contributed by atoms with E-state index < -0.39 is 28.1 Å². The number of anilines is 2. The Labute approximate surface area is 193 Å². The van der Waals surface area contributed by atoms with Crippen LogP contribution in [0.25, 0.3) is 0 Å². The molecule has 0 spiro atoms. The third-order valence-electron chi connectivity index (χ3n) is 4.98. The van der Waals surface area contributed by atoms with E-state index in [0.29, 0.717) is 37.7 Å². The normalized spacial score (nSPS) is 19.5. The molecule has 0 unspecified atom stereocenters. The fourth-order valence-electron chi connectivity index (χ4n) is 3.38. The lowest BCUT2D eigenvalue weighted by atomic mass is 10.2. The van der Waals surface area contributed by atoms with Crippen molar-refractivity contribution in [2.45, 2.75) is 11.0 Å². The monoisotopic (exact) mass is 562 g/mol. The zero-order chi connectivity index (χ0) is 22.0. The Kier molecular flexibility index (Phi) is 6.65. The lowest BCUT2D eigenvalue weighted by Crippen LogP contribution is -2.36. The van der Waals surface area contributed by atoms with E-state index in [1.807, 2.05) is 4.90 Å². The Morgan fingerprint density at radius 3 is 2.52 bits per heavy atom. The van der Waals surface area contributed by atoms with Crippen LogP contribution in [0.15, 0.2) is 47.4 Å². The Balaban J connectivity index is 1.40. The number of morpholine rings is 1. The highest BCUT2D eigenvalue weighted by Crippen LogP contribution is 2.28. The van der Waals surface area contributed by atoms with Gasteiger partial charge in [-0.25, -0.2) is 9.18 Å². The Morgan fingerprint density at radius 2 is 1.84 bits per heavy atom. The smallest absolute Gasteiger partial charge is 0.414 e. The molecule has 1 atom stereocenters. The van der Waals surface area contributed by atoms with Crippen LogP contribution in [0.5, 0.6) is 0 Å². The molecule has 0 aromatic heterocycles. The van der Waals surface area contributed by atoms with Crippen molar-refractivity contribution < 1.29 is 31.3 Å². The number of amides is 1. The molecule has 0 N–H and O–H groups in total. The Morgan fingerprint density at radius 1 is 1.13 bits per heavy atom. The van der Waals surface area contributed by atoms with E-state index in [9.17, 15) is 17.6 Å². The highest BCUT2D eigenvalue weighted by molar-refractivity contribution is 14.1. The van der Waals surface area contributed by atoms with Gasteiger partial charge in [-0.2, -0.15) is 8.42 Å². The molecule has 2 aromatic rings. The lowest BCUT2D eigenvalue weighted by Gasteiger charge is -2.29. The van der Waals surface area contributed by atoms with Gasteiger partial charge in [0.25, 0.3) is 10.1 Å². The predicted molar refractivity (Wildman–Crippen MR) is 119 cm³/mol. The number of carbonyl (C=O) groups excluding carboxylic acids is 1. The zero-order valence-corrected chi connectivity index (χ0v) is 19.3. The minimum Gasteiger partial charge on any atom is -0.441 e. The second-order valence-electron chi connectivity index (χ2n) is 7.04. The third kappa shape index (κ3) is 5.10. The van der Waals surface area contributed by atoms with Crippen molar-refractivity contribution in [3.63, 3.8) is 0 Å². The molecule has 1 amide bonds. The summed E-state index contributed by atoms with van der Waals surface area (Å²) in [5.74, 6) is -0.451. The summed E-state index contributed by atoms with van der Waals surface area (Å²) >= 11 is 2.07. The fourth-order valence-corrected chi connectivity index (χ4v) is 4.67. The molecule has 166 valence electrons. The van der Waals surface area contributed by atoms with Gasteiger partial charge < -0.3 is 14.4 Å². The number of hydrogen-bond acceptors (Lipinski definition) is 7. The topological polar surface area (TPSA) is 85.4 Å². The van der Waals surface area contributed by atoms with Crippen LogP contribution in [-0.4, -0.2) is 60.1 Å². The summed E-state index contributed by atoms with van der Waals surface area (Å²) in [5, 5.41) is 0. The molecule has 2 aliphatic heterocycles. The van der Waals surface area contributed by atoms with Crippen molar-refractivity contribution >= 4 is 50.2 Å². The molecule has 11 heteroatoms. The standard InChI is InChI=1S/C20H20FIN2O6S/c21-18-11-15(3-6-19(18)23-7-9-28-10-8-23)24-12-16(30-20(24)25)13-29-31(26,27)17-4-1-14(22)2-5-17/h1-6,11,16H,7-10,12-13H2/t16-/m1/s1. The van der Waals surface area contributed by atoms with E-state index in [1.54, 1.807) is 24.3 Å². The van der Waals surface area contributed by atoms with Crippen molar-refractivity contribution in [1.82, 2.24) is 0 Å². The van der Waals surface area contributed by atoms with E-state index in [-0.39, 0.29) is 18.0 Å². The van der Waals surface area contributed by atoms with Crippen molar-refractivity contribution in [3.05, 3.63) is 51.9 Å². The summed E-state index contributed by atoms with van der Waals surface area (Å²) in [5.41, 5.74) is 0.783. The Hall–Kier alpha value is -1.96. The van der Waals surface area contributed by atoms with E-state index in [1.165, 1.54) is 23.1 Å². The van der Waals surface area contributed by atoms with Gasteiger partial charge in [-0.1, -0.05) is 0 Å². The summed E-state index contributed by atoms with van der Waals surface area (Å²) in [6.07, 6.45) is -1.48. The number of nitrogens with zero attached hydrogens (tertiary/aromatic N) is 2. The average Bonchev–Trinajstić information content (AvgIpc) is 3.14. The van der Waals surface area contributed by atoms with Gasteiger partial charge in [-0.15, -0.1) is 0 Å². The number of benzene rings is 2. The molecule has 0 aliphatic carbocycles. The molecule has 31 heavy (non-hydrogen) atoms. The highest BCUT2D eigenvalue weighted by atomic mass is 127. The second-order valence-corrected chi connectivity index (χ2v) is 9.91. The summed E-state index contributed by atoms with van der Waals surface area (Å²) < 4.78 is 55.8. The highest BCUT2D eigenvalue weighted by Gasteiger charge is 2.34. The summed E-state index contributed by atoms with van der Waals surface area (Å²) in [4.78, 5) is 15.4. The van der Waals surface area contributed by atoms with E-state index in [4.69, 9.17) is 13.7 Å². The van der Waals surface area contributed by atoms with E-state index in [0.717, 1.165) is 3.57 Å². The van der Waals surface area contributed by atoms with Crippen LogP contribution in [0.3, 0.4) is 0 Å². The summed E-state index contributed by atoms with van der Waals surface area (Å²) in [6.45, 7) is 1.98. The van der Waals surface area contributed by atoms with Crippen molar-refractivity contribution in [2.75, 3.05) is 49.3 Å². The SMILES string of the molecule is O=C1O[C@@H](COS(=O)(=O)c2ccc(I)cc2)CN1c1ccc(N2CCOCC2)c(F)c1. The quantitative estimate of drug-likeness (QED) is 0.396. The molecule has 4 rings (SSSR count). The van der Waals surface area contributed by atoms with E-state index >= 15 is 0 Å². The molecule has 0 radical (unpaired) electrons. The first kappa shape index (κ1) is 22.2. The fraction of sp³-hybridized carbons (Fsp3) is 0.350. The maximum absolute atomic E-state index is 14.7. The van der Waals surface area contributed by atoms with Crippen molar-refractivity contribution in [1.29, 1.82) is 0 Å². The number of rotatable bonds is 6. The van der Waals surface area contributed by atoms with Gasteiger partial charge >= 0.3 is 6.09 Å². The van der Waals surface area contributed by atoms with E-state index in [2.05, 4.69) is 22.6 Å². The molecule has 2 saturated heterocycles. The molecule has 0 saturated carbocycles. The number of ether oxygens (including phenoxy) is 2. The average molecular weight is 562 g/mol. The number of hydrogen-bond donors (Lipinski definition) is 0. The van der Waals surface area contributed by atoms with Gasteiger partial charge in [0, 0.05) is 16.7 Å². The first-order valence-corrected chi connectivity index (χ1v) is 12.1. The lowest BCUT2D eigenvalue weighted by molar-refractivity contribution is 0.107. The molecule has 8 nitrogen and oxygen atoms in total. The van der Waals surface area contributed by atoms with Gasteiger partial charge in [0.05, 0.1) is 36.0 Å². The van der Waals surface area contributed by atoms with Gasteiger partial charge in [-0.3, -0.25) is 9.08 Å². The van der Waals surface area contributed by atoms with Gasteiger partial charge in [-0.05, 0) is 65.1 Å². The van der Waals surface area contributed by atoms with Crippen LogP contribution in [-0.2, 0) is 23.8 Å². The molecule has 2 heterocycles. The van der Waals surface area contributed by atoms with Crippen molar-refractivity contribution in [3.8, 4) is 0 Å². The van der Waals surface area contributed by atoms with Crippen LogP contribution in [0.4, 0.5) is 20.6 Å². The van der Waals surface area contributed by atoms with Crippen LogP contribution >= 0.6 is 22.6 Å². The second kappa shape index (κ2) is 9.27. The first-order valence-electron chi connectivity index (χ1n) is 9.59. The van der Waals surface area contributed by atoms with Gasteiger partial charge in [0.2, 0.25) is 0 Å².